The lowest BCUT2D eigenvalue weighted by atomic mass is 9.96. The van der Waals surface area contributed by atoms with Crippen LogP contribution in [0.3, 0.4) is 0 Å². The molecule has 0 unspecified atom stereocenters. The van der Waals surface area contributed by atoms with Crippen LogP contribution in [0.2, 0.25) is 0 Å². The maximum Gasteiger partial charge on any atom is 0.306 e. The minimum absolute atomic E-state index is 0.145. The Balaban J connectivity index is 1.83. The number of piperidine rings is 1. The summed E-state index contributed by atoms with van der Waals surface area (Å²) in [6, 6.07) is 9.49. The molecule has 23 heavy (non-hydrogen) atoms. The van der Waals surface area contributed by atoms with Gasteiger partial charge < -0.3 is 10.0 Å². The lowest BCUT2D eigenvalue weighted by Crippen LogP contribution is -2.40. The molecule has 6 nitrogen and oxygen atoms in total. The van der Waals surface area contributed by atoms with Gasteiger partial charge in [0.1, 0.15) is 6.33 Å². The maximum atomic E-state index is 12.8. The number of hydrogen-bond acceptors (Lipinski definition) is 4. The second-order valence-electron chi connectivity index (χ2n) is 5.56. The number of carboxylic acid groups (broad SMARTS) is 1. The van der Waals surface area contributed by atoms with E-state index >= 15 is 0 Å². The normalized spacial score (nSPS) is 15.4. The number of carbonyl (C=O) groups is 2. The van der Waals surface area contributed by atoms with E-state index in [1.165, 1.54) is 12.5 Å². The van der Waals surface area contributed by atoms with Gasteiger partial charge in [-0.25, -0.2) is 9.97 Å². The Kier molecular flexibility index (Phi) is 4.32. The van der Waals surface area contributed by atoms with Crippen LogP contribution in [0.4, 0.5) is 0 Å². The fraction of sp³-hybridized carbons (Fsp3) is 0.294. The second kappa shape index (κ2) is 6.56. The Morgan fingerprint density at radius 1 is 1.13 bits per heavy atom. The highest BCUT2D eigenvalue weighted by atomic mass is 16.4. The topological polar surface area (TPSA) is 83.4 Å². The van der Waals surface area contributed by atoms with Gasteiger partial charge in [-0.05, 0) is 12.8 Å². The van der Waals surface area contributed by atoms with Crippen molar-refractivity contribution in [3.05, 3.63) is 48.4 Å². The number of rotatable bonds is 3. The summed E-state index contributed by atoms with van der Waals surface area (Å²) < 4.78 is 0. The predicted octanol–water partition coefficient (Wildman–Crippen LogP) is 2.08. The van der Waals surface area contributed by atoms with Gasteiger partial charge in [-0.2, -0.15) is 0 Å². The average Bonchev–Trinajstić information content (AvgIpc) is 2.62. The molecule has 0 atom stereocenters. The number of aliphatic carboxylic acids is 1. The van der Waals surface area contributed by atoms with Gasteiger partial charge in [0.25, 0.3) is 5.91 Å². The zero-order valence-electron chi connectivity index (χ0n) is 12.6. The molecular weight excluding hydrogens is 294 g/mol. The first-order valence-corrected chi connectivity index (χ1v) is 7.54. The van der Waals surface area contributed by atoms with Gasteiger partial charge in [0, 0.05) is 24.8 Å². The van der Waals surface area contributed by atoms with Crippen LogP contribution in [0.25, 0.3) is 11.3 Å². The van der Waals surface area contributed by atoms with Crippen molar-refractivity contribution < 1.29 is 14.7 Å². The minimum Gasteiger partial charge on any atom is -0.481 e. The van der Waals surface area contributed by atoms with Gasteiger partial charge in [0.2, 0.25) is 0 Å². The third-order valence-corrected chi connectivity index (χ3v) is 4.12. The largest absolute Gasteiger partial charge is 0.481 e. The van der Waals surface area contributed by atoms with E-state index in [-0.39, 0.29) is 11.8 Å². The van der Waals surface area contributed by atoms with Crippen LogP contribution in [0, 0.1) is 5.92 Å². The molecular formula is C17H17N3O3. The standard InChI is InChI=1S/C17H17N3O3/c21-16(20-8-6-13(7-9-20)17(22)23)14-10-18-11-19-15(14)12-4-2-1-3-5-12/h1-5,10-11,13H,6-9H2,(H,22,23). The summed E-state index contributed by atoms with van der Waals surface area (Å²) in [5.41, 5.74) is 1.91. The molecule has 118 valence electrons. The van der Waals surface area contributed by atoms with E-state index in [1.807, 2.05) is 30.3 Å². The van der Waals surface area contributed by atoms with Crippen molar-refractivity contribution in [2.24, 2.45) is 5.92 Å². The van der Waals surface area contributed by atoms with Crippen LogP contribution in [-0.4, -0.2) is 44.9 Å². The van der Waals surface area contributed by atoms with Crippen molar-refractivity contribution in [3.63, 3.8) is 0 Å². The number of nitrogens with zero attached hydrogens (tertiary/aromatic N) is 3. The number of hydrogen-bond donors (Lipinski definition) is 1. The summed E-state index contributed by atoms with van der Waals surface area (Å²) in [4.78, 5) is 33.7. The average molecular weight is 311 g/mol. The van der Waals surface area contributed by atoms with Crippen molar-refractivity contribution >= 4 is 11.9 Å². The van der Waals surface area contributed by atoms with Crippen molar-refractivity contribution in [1.82, 2.24) is 14.9 Å². The van der Waals surface area contributed by atoms with Crippen LogP contribution in [-0.2, 0) is 4.79 Å². The lowest BCUT2D eigenvalue weighted by molar-refractivity contribution is -0.143. The van der Waals surface area contributed by atoms with E-state index < -0.39 is 5.97 Å². The number of likely N-dealkylation sites (tertiary alicyclic amines) is 1. The molecule has 1 aromatic carbocycles. The van der Waals surface area contributed by atoms with Crippen molar-refractivity contribution in [1.29, 1.82) is 0 Å². The molecule has 3 rings (SSSR count). The van der Waals surface area contributed by atoms with Gasteiger partial charge in [-0.1, -0.05) is 30.3 Å². The van der Waals surface area contributed by atoms with E-state index in [0.29, 0.717) is 37.2 Å². The molecule has 1 N–H and O–H groups in total. The molecule has 0 spiro atoms. The van der Waals surface area contributed by atoms with Crippen molar-refractivity contribution in [2.75, 3.05) is 13.1 Å². The number of amides is 1. The molecule has 0 bridgehead atoms. The Bertz CT molecular complexity index is 710. The highest BCUT2D eigenvalue weighted by Crippen LogP contribution is 2.24. The first-order chi connectivity index (χ1) is 11.2. The first kappa shape index (κ1) is 15.1. The summed E-state index contributed by atoms with van der Waals surface area (Å²) in [6.07, 6.45) is 3.92. The fourth-order valence-electron chi connectivity index (χ4n) is 2.81. The Hall–Kier alpha value is -2.76. The number of carbonyl (C=O) groups excluding carboxylic acids is 1. The molecule has 1 aliphatic rings. The molecule has 1 saturated heterocycles. The molecule has 1 amide bonds. The Morgan fingerprint density at radius 2 is 1.83 bits per heavy atom. The number of benzene rings is 1. The van der Waals surface area contributed by atoms with E-state index in [9.17, 15) is 9.59 Å². The molecule has 0 aliphatic carbocycles. The van der Waals surface area contributed by atoms with E-state index in [0.717, 1.165) is 5.56 Å². The maximum absolute atomic E-state index is 12.8. The lowest BCUT2D eigenvalue weighted by Gasteiger charge is -2.30. The van der Waals surface area contributed by atoms with Crippen molar-refractivity contribution in [2.45, 2.75) is 12.8 Å². The number of aromatic nitrogens is 2. The highest BCUT2D eigenvalue weighted by Gasteiger charge is 2.28. The molecule has 2 aromatic rings. The second-order valence-corrected chi connectivity index (χ2v) is 5.56. The van der Waals surface area contributed by atoms with E-state index in [2.05, 4.69) is 9.97 Å². The molecule has 1 aromatic heterocycles. The summed E-state index contributed by atoms with van der Waals surface area (Å²) in [7, 11) is 0. The zero-order chi connectivity index (χ0) is 16.2. The minimum atomic E-state index is -0.787. The Morgan fingerprint density at radius 3 is 2.48 bits per heavy atom. The predicted molar refractivity (Wildman–Crippen MR) is 83.7 cm³/mol. The molecule has 0 saturated carbocycles. The summed E-state index contributed by atoms with van der Waals surface area (Å²) in [5, 5.41) is 9.05. The molecule has 1 aliphatic heterocycles. The van der Waals surface area contributed by atoms with E-state index in [1.54, 1.807) is 4.90 Å². The van der Waals surface area contributed by atoms with Gasteiger partial charge >= 0.3 is 5.97 Å². The van der Waals surface area contributed by atoms with Gasteiger partial charge in [0.15, 0.2) is 0 Å². The Labute approximate surface area is 133 Å². The smallest absolute Gasteiger partial charge is 0.306 e. The first-order valence-electron chi connectivity index (χ1n) is 7.54. The third kappa shape index (κ3) is 3.21. The number of carboxylic acids is 1. The quantitative estimate of drug-likeness (QED) is 0.938. The molecule has 0 radical (unpaired) electrons. The van der Waals surface area contributed by atoms with Gasteiger partial charge in [0.05, 0.1) is 17.2 Å². The SMILES string of the molecule is O=C(O)C1CCN(C(=O)c2cncnc2-c2ccccc2)CC1. The van der Waals surface area contributed by atoms with Gasteiger partial charge in [-0.3, -0.25) is 9.59 Å². The zero-order valence-corrected chi connectivity index (χ0v) is 12.6. The monoisotopic (exact) mass is 311 g/mol. The van der Waals surface area contributed by atoms with Crippen LogP contribution < -0.4 is 0 Å². The van der Waals surface area contributed by atoms with Crippen LogP contribution in [0.15, 0.2) is 42.9 Å². The fourth-order valence-corrected chi connectivity index (χ4v) is 2.81. The van der Waals surface area contributed by atoms with Crippen LogP contribution in [0.1, 0.15) is 23.2 Å². The summed E-state index contributed by atoms with van der Waals surface area (Å²) in [6.45, 7) is 0.887. The van der Waals surface area contributed by atoms with Crippen LogP contribution >= 0.6 is 0 Å². The molecule has 6 heteroatoms. The van der Waals surface area contributed by atoms with E-state index in [4.69, 9.17) is 5.11 Å². The molecule has 2 heterocycles. The van der Waals surface area contributed by atoms with Crippen LogP contribution in [0.5, 0.6) is 0 Å². The third-order valence-electron chi connectivity index (χ3n) is 4.12. The highest BCUT2D eigenvalue weighted by molar-refractivity contribution is 5.99. The molecule has 1 fully saturated rings. The van der Waals surface area contributed by atoms with Crippen molar-refractivity contribution in [3.8, 4) is 11.3 Å². The van der Waals surface area contributed by atoms with Gasteiger partial charge in [-0.15, -0.1) is 0 Å². The summed E-state index contributed by atoms with van der Waals surface area (Å²) in [5.74, 6) is -1.29. The summed E-state index contributed by atoms with van der Waals surface area (Å²) >= 11 is 0.